The number of nitrogens with zero attached hydrogens (tertiary/aromatic N) is 1. The van der Waals surface area contributed by atoms with Crippen molar-refractivity contribution < 1.29 is 9.59 Å². The van der Waals surface area contributed by atoms with Crippen LogP contribution in [0.25, 0.3) is 0 Å². The molecule has 2 heterocycles. The van der Waals surface area contributed by atoms with Crippen molar-refractivity contribution in [2.24, 2.45) is 10.9 Å². The molecule has 112 valence electrons. The molecule has 22 heavy (non-hydrogen) atoms. The van der Waals surface area contributed by atoms with Gasteiger partial charge in [-0.15, -0.1) is 11.3 Å². The number of allylic oxidation sites excluding steroid dienone is 3. The van der Waals surface area contributed by atoms with Gasteiger partial charge in [0.15, 0.2) is 0 Å². The Hall–Kier alpha value is -2.27. The Balaban J connectivity index is 1.78. The molecular weight excluding hydrogens is 296 g/mol. The summed E-state index contributed by atoms with van der Waals surface area (Å²) in [5, 5.41) is 4.78. The van der Waals surface area contributed by atoms with Gasteiger partial charge < -0.3 is 5.32 Å². The summed E-state index contributed by atoms with van der Waals surface area (Å²) < 4.78 is 0. The molecule has 0 saturated carbocycles. The van der Waals surface area contributed by atoms with Crippen LogP contribution in [0, 0.1) is 5.92 Å². The highest BCUT2D eigenvalue weighted by Gasteiger charge is 2.25. The maximum Gasteiger partial charge on any atom is 0.251 e. The van der Waals surface area contributed by atoms with Crippen LogP contribution in [0.5, 0.6) is 0 Å². The van der Waals surface area contributed by atoms with Gasteiger partial charge in [0.25, 0.3) is 5.91 Å². The molecule has 5 heteroatoms. The molecule has 3 rings (SSSR count). The van der Waals surface area contributed by atoms with Gasteiger partial charge in [-0.25, -0.2) is 4.99 Å². The molecule has 0 saturated heterocycles. The van der Waals surface area contributed by atoms with Crippen molar-refractivity contribution in [1.29, 1.82) is 0 Å². The van der Waals surface area contributed by atoms with Crippen molar-refractivity contribution in [1.82, 2.24) is 5.32 Å². The molecule has 1 aliphatic carbocycles. The summed E-state index contributed by atoms with van der Waals surface area (Å²) in [5.41, 5.74) is 2.47. The second-order valence-corrected chi connectivity index (χ2v) is 6.22. The fourth-order valence-electron chi connectivity index (χ4n) is 2.61. The zero-order valence-electron chi connectivity index (χ0n) is 12.2. The topological polar surface area (TPSA) is 58.5 Å². The van der Waals surface area contributed by atoms with E-state index in [-0.39, 0.29) is 17.7 Å². The predicted octanol–water partition coefficient (Wildman–Crippen LogP) is 2.79. The number of aliphatic imine (C=N–C) groups is 1. The fourth-order valence-corrected chi connectivity index (χ4v) is 3.30. The first-order valence-electron chi connectivity index (χ1n) is 7.21. The molecule has 1 aromatic rings. The molecule has 0 bridgehead atoms. The van der Waals surface area contributed by atoms with Crippen molar-refractivity contribution in [2.45, 2.75) is 19.8 Å². The second-order valence-electron chi connectivity index (χ2n) is 5.19. The van der Waals surface area contributed by atoms with E-state index in [9.17, 15) is 9.59 Å². The SMILES string of the molecule is CCC1=CC(=O)NC2=CC(=NC(=O)Cc3cccs3)C=CC12. The number of fused-ring (bicyclic) bond motifs is 1. The lowest BCUT2D eigenvalue weighted by Gasteiger charge is -2.26. The zero-order chi connectivity index (χ0) is 15.5. The molecule has 2 aliphatic rings. The number of hydrogen-bond acceptors (Lipinski definition) is 3. The number of carbonyl (C=O) groups is 2. The number of thiophene rings is 1. The summed E-state index contributed by atoms with van der Waals surface area (Å²) in [7, 11) is 0. The standard InChI is InChI=1S/C17H16N2O2S/c1-2-11-8-16(20)19-15-9-12(5-6-14(11)15)18-17(21)10-13-4-3-7-22-13/h3-9,14H,2,10H2,1H3,(H,19,20). The average Bonchev–Trinajstić information content (AvgIpc) is 2.98. The Labute approximate surface area is 133 Å². The largest absolute Gasteiger partial charge is 0.325 e. The Morgan fingerprint density at radius 2 is 2.27 bits per heavy atom. The molecule has 4 nitrogen and oxygen atoms in total. The van der Waals surface area contributed by atoms with E-state index in [1.54, 1.807) is 23.5 Å². The van der Waals surface area contributed by atoms with Gasteiger partial charge in [-0.3, -0.25) is 9.59 Å². The number of amides is 2. The monoisotopic (exact) mass is 312 g/mol. The van der Waals surface area contributed by atoms with Crippen LogP contribution in [0.4, 0.5) is 0 Å². The summed E-state index contributed by atoms with van der Waals surface area (Å²) >= 11 is 1.55. The van der Waals surface area contributed by atoms with E-state index in [1.165, 1.54) is 0 Å². The molecule has 0 radical (unpaired) electrons. The smallest absolute Gasteiger partial charge is 0.251 e. The Bertz CT molecular complexity index is 724. The van der Waals surface area contributed by atoms with Gasteiger partial charge in [0, 0.05) is 22.6 Å². The Morgan fingerprint density at radius 1 is 1.41 bits per heavy atom. The van der Waals surface area contributed by atoms with Gasteiger partial charge in [0.05, 0.1) is 12.1 Å². The summed E-state index contributed by atoms with van der Waals surface area (Å²) in [6.45, 7) is 2.03. The highest BCUT2D eigenvalue weighted by molar-refractivity contribution is 7.10. The van der Waals surface area contributed by atoms with Crippen LogP contribution in [-0.2, 0) is 16.0 Å². The maximum absolute atomic E-state index is 12.0. The summed E-state index contributed by atoms with van der Waals surface area (Å²) in [4.78, 5) is 28.8. The van der Waals surface area contributed by atoms with Crippen LogP contribution in [0.2, 0.25) is 0 Å². The lowest BCUT2D eigenvalue weighted by Crippen LogP contribution is -2.33. The molecular formula is C17H16N2O2S. The molecule has 1 N–H and O–H groups in total. The Morgan fingerprint density at radius 3 is 3.00 bits per heavy atom. The van der Waals surface area contributed by atoms with E-state index >= 15 is 0 Å². The van der Waals surface area contributed by atoms with E-state index in [4.69, 9.17) is 0 Å². The van der Waals surface area contributed by atoms with Crippen LogP contribution in [0.1, 0.15) is 18.2 Å². The second kappa shape index (κ2) is 6.23. The molecule has 1 aromatic heterocycles. The fraction of sp³-hybridized carbons (Fsp3) is 0.235. The zero-order valence-corrected chi connectivity index (χ0v) is 13.0. The average molecular weight is 312 g/mol. The number of nitrogens with one attached hydrogen (secondary N) is 1. The molecule has 0 spiro atoms. The van der Waals surface area contributed by atoms with E-state index < -0.39 is 0 Å². The predicted molar refractivity (Wildman–Crippen MR) is 87.7 cm³/mol. The molecule has 1 atom stereocenters. The number of carbonyl (C=O) groups excluding carboxylic acids is 2. The van der Waals surface area contributed by atoms with Crippen molar-refractivity contribution in [2.75, 3.05) is 0 Å². The number of hydrogen-bond donors (Lipinski definition) is 1. The molecule has 1 unspecified atom stereocenters. The quantitative estimate of drug-likeness (QED) is 0.933. The van der Waals surface area contributed by atoms with Crippen molar-refractivity contribution in [3.63, 3.8) is 0 Å². The van der Waals surface area contributed by atoms with Crippen LogP contribution in [-0.4, -0.2) is 17.5 Å². The molecule has 0 aromatic carbocycles. The Kier molecular flexibility index (Phi) is 4.15. The first-order chi connectivity index (χ1) is 10.7. The summed E-state index contributed by atoms with van der Waals surface area (Å²) in [6.07, 6.45) is 8.41. The van der Waals surface area contributed by atoms with Crippen LogP contribution >= 0.6 is 11.3 Å². The van der Waals surface area contributed by atoms with Crippen LogP contribution in [0.15, 0.2) is 58.1 Å². The summed E-state index contributed by atoms with van der Waals surface area (Å²) in [6, 6.07) is 3.84. The molecule has 1 aliphatic heterocycles. The lowest BCUT2D eigenvalue weighted by atomic mass is 9.86. The van der Waals surface area contributed by atoms with Crippen molar-refractivity contribution >= 4 is 28.9 Å². The first-order valence-corrected chi connectivity index (χ1v) is 8.09. The minimum absolute atomic E-state index is 0.0917. The van der Waals surface area contributed by atoms with Crippen LogP contribution in [0.3, 0.4) is 0 Å². The minimum atomic E-state index is -0.175. The van der Waals surface area contributed by atoms with Gasteiger partial charge in [0.1, 0.15) is 0 Å². The van der Waals surface area contributed by atoms with Gasteiger partial charge in [0.2, 0.25) is 5.91 Å². The normalized spacial score (nSPS) is 22.0. The maximum atomic E-state index is 12.0. The third-order valence-corrected chi connectivity index (χ3v) is 4.53. The van der Waals surface area contributed by atoms with Gasteiger partial charge in [-0.2, -0.15) is 0 Å². The summed E-state index contributed by atoms with van der Waals surface area (Å²) in [5.74, 6) is -0.196. The third-order valence-electron chi connectivity index (χ3n) is 3.65. The van der Waals surface area contributed by atoms with Gasteiger partial charge >= 0.3 is 0 Å². The van der Waals surface area contributed by atoms with Gasteiger partial charge in [-0.05, 0) is 30.0 Å². The van der Waals surface area contributed by atoms with Gasteiger partial charge in [-0.1, -0.05) is 24.6 Å². The van der Waals surface area contributed by atoms with Crippen molar-refractivity contribution in [3.8, 4) is 0 Å². The third kappa shape index (κ3) is 3.14. The van der Waals surface area contributed by atoms with E-state index in [2.05, 4.69) is 10.3 Å². The number of rotatable bonds is 3. The van der Waals surface area contributed by atoms with Crippen molar-refractivity contribution in [3.05, 3.63) is 58.0 Å². The van der Waals surface area contributed by atoms with Crippen LogP contribution < -0.4 is 5.32 Å². The van der Waals surface area contributed by atoms with E-state index in [1.807, 2.05) is 36.6 Å². The lowest BCUT2D eigenvalue weighted by molar-refractivity contribution is -0.117. The minimum Gasteiger partial charge on any atom is -0.325 e. The molecule has 0 fully saturated rings. The highest BCUT2D eigenvalue weighted by Crippen LogP contribution is 2.28. The van der Waals surface area contributed by atoms with E-state index in [0.29, 0.717) is 12.1 Å². The molecule has 2 amide bonds. The first kappa shape index (κ1) is 14.7. The highest BCUT2D eigenvalue weighted by atomic mass is 32.1. The van der Waals surface area contributed by atoms with E-state index in [0.717, 1.165) is 22.6 Å².